The van der Waals surface area contributed by atoms with Crippen molar-refractivity contribution in [1.82, 2.24) is 9.97 Å². The van der Waals surface area contributed by atoms with E-state index in [0.717, 1.165) is 0 Å². The van der Waals surface area contributed by atoms with Crippen molar-refractivity contribution in [3.05, 3.63) is 18.0 Å². The number of nitrogens with zero attached hydrogens (tertiary/aromatic N) is 2. The second-order valence-corrected chi connectivity index (χ2v) is 2.07. The molecule has 58 valence electrons. The van der Waals surface area contributed by atoms with Gasteiger partial charge in [0.15, 0.2) is 5.78 Å². The zero-order valence-corrected chi connectivity index (χ0v) is 6.46. The molecule has 0 fully saturated rings. The SMILES string of the molecule is CNc1nccc(C(C)=O)n1. The molecule has 1 aromatic heterocycles. The monoisotopic (exact) mass is 151 g/mol. The van der Waals surface area contributed by atoms with Crippen LogP contribution in [0.15, 0.2) is 12.3 Å². The predicted octanol–water partition coefficient (Wildman–Crippen LogP) is 0.721. The lowest BCUT2D eigenvalue weighted by Gasteiger charge is -1.97. The largest absolute Gasteiger partial charge is 0.357 e. The number of hydrogen-bond acceptors (Lipinski definition) is 4. The van der Waals surface area contributed by atoms with E-state index in [4.69, 9.17) is 0 Å². The molecule has 1 aromatic rings. The standard InChI is InChI=1S/C7H9N3O/c1-5(11)6-3-4-9-7(8-2)10-6/h3-4H,1-2H3,(H,8,9,10). The Bertz CT molecular complexity index is 272. The molecule has 1 rings (SSSR count). The van der Waals surface area contributed by atoms with Gasteiger partial charge in [0.05, 0.1) is 0 Å². The molecule has 0 atom stereocenters. The molecule has 4 heteroatoms. The fourth-order valence-electron chi connectivity index (χ4n) is 0.675. The van der Waals surface area contributed by atoms with E-state index >= 15 is 0 Å². The molecule has 0 aliphatic carbocycles. The molecule has 0 aromatic carbocycles. The average Bonchev–Trinajstić information content (AvgIpc) is 2.05. The molecule has 0 saturated carbocycles. The number of hydrogen-bond donors (Lipinski definition) is 1. The van der Waals surface area contributed by atoms with E-state index in [1.807, 2.05) is 0 Å². The third kappa shape index (κ3) is 1.73. The minimum Gasteiger partial charge on any atom is -0.357 e. The molecule has 1 N–H and O–H groups in total. The maximum absolute atomic E-state index is 10.8. The zero-order valence-electron chi connectivity index (χ0n) is 6.46. The first-order valence-corrected chi connectivity index (χ1v) is 3.26. The van der Waals surface area contributed by atoms with Crippen LogP contribution in [-0.4, -0.2) is 22.8 Å². The van der Waals surface area contributed by atoms with Crippen molar-refractivity contribution in [2.24, 2.45) is 0 Å². The van der Waals surface area contributed by atoms with Gasteiger partial charge in [0.1, 0.15) is 5.69 Å². The second-order valence-electron chi connectivity index (χ2n) is 2.07. The topological polar surface area (TPSA) is 54.9 Å². The summed E-state index contributed by atoms with van der Waals surface area (Å²) in [5.41, 5.74) is 0.435. The number of nitrogens with one attached hydrogen (secondary N) is 1. The minimum atomic E-state index is -0.0519. The summed E-state index contributed by atoms with van der Waals surface area (Å²) in [5, 5.41) is 2.75. The molecule has 11 heavy (non-hydrogen) atoms. The number of carbonyl (C=O) groups excluding carboxylic acids is 1. The van der Waals surface area contributed by atoms with Crippen LogP contribution in [0.25, 0.3) is 0 Å². The lowest BCUT2D eigenvalue weighted by atomic mass is 10.3. The van der Waals surface area contributed by atoms with Crippen LogP contribution in [0.4, 0.5) is 5.95 Å². The summed E-state index contributed by atoms with van der Waals surface area (Å²) in [4.78, 5) is 18.6. The summed E-state index contributed by atoms with van der Waals surface area (Å²) in [6.45, 7) is 1.47. The van der Waals surface area contributed by atoms with Crippen LogP contribution in [0.5, 0.6) is 0 Å². The minimum absolute atomic E-state index is 0.0519. The molecule has 0 spiro atoms. The highest BCUT2D eigenvalue weighted by Crippen LogP contribution is 1.99. The normalized spacial score (nSPS) is 9.27. The molecule has 4 nitrogen and oxygen atoms in total. The summed E-state index contributed by atoms with van der Waals surface area (Å²) in [7, 11) is 1.71. The molecular weight excluding hydrogens is 142 g/mol. The lowest BCUT2D eigenvalue weighted by Crippen LogP contribution is -2.02. The Morgan fingerprint density at radius 1 is 1.64 bits per heavy atom. The van der Waals surface area contributed by atoms with Gasteiger partial charge in [-0.05, 0) is 6.07 Å². The van der Waals surface area contributed by atoms with E-state index in [2.05, 4.69) is 15.3 Å². The van der Waals surface area contributed by atoms with Crippen molar-refractivity contribution in [2.45, 2.75) is 6.92 Å². The van der Waals surface area contributed by atoms with Crippen LogP contribution in [-0.2, 0) is 0 Å². The Labute approximate surface area is 64.7 Å². The van der Waals surface area contributed by atoms with E-state index in [0.29, 0.717) is 11.6 Å². The van der Waals surface area contributed by atoms with Gasteiger partial charge in [-0.25, -0.2) is 9.97 Å². The Hall–Kier alpha value is -1.45. The molecule has 0 saturated heterocycles. The van der Waals surface area contributed by atoms with Crippen molar-refractivity contribution < 1.29 is 4.79 Å². The molecule has 0 aliphatic rings. The quantitative estimate of drug-likeness (QED) is 0.633. The van der Waals surface area contributed by atoms with Gasteiger partial charge >= 0.3 is 0 Å². The average molecular weight is 151 g/mol. The van der Waals surface area contributed by atoms with E-state index in [1.165, 1.54) is 6.92 Å². The highest BCUT2D eigenvalue weighted by Gasteiger charge is 2.00. The first kappa shape index (κ1) is 7.65. The Balaban J connectivity index is 3.01. The first-order chi connectivity index (χ1) is 5.24. The van der Waals surface area contributed by atoms with Gasteiger partial charge in [0.25, 0.3) is 0 Å². The third-order valence-electron chi connectivity index (χ3n) is 1.24. The molecule has 0 aliphatic heterocycles. The zero-order chi connectivity index (χ0) is 8.27. The Morgan fingerprint density at radius 3 is 2.91 bits per heavy atom. The van der Waals surface area contributed by atoms with Gasteiger partial charge in [0.2, 0.25) is 5.95 Å². The number of aromatic nitrogens is 2. The Morgan fingerprint density at radius 2 is 2.36 bits per heavy atom. The fourth-order valence-corrected chi connectivity index (χ4v) is 0.675. The van der Waals surface area contributed by atoms with Crippen molar-refractivity contribution >= 4 is 11.7 Å². The highest BCUT2D eigenvalue weighted by atomic mass is 16.1. The van der Waals surface area contributed by atoms with Crippen molar-refractivity contribution in [3.8, 4) is 0 Å². The summed E-state index contributed by atoms with van der Waals surface area (Å²) in [5.74, 6) is 0.418. The summed E-state index contributed by atoms with van der Waals surface area (Å²) >= 11 is 0. The number of anilines is 1. The molecule has 0 unspecified atom stereocenters. The summed E-state index contributed by atoms with van der Waals surface area (Å²) in [6.07, 6.45) is 1.55. The van der Waals surface area contributed by atoms with Crippen molar-refractivity contribution in [2.75, 3.05) is 12.4 Å². The third-order valence-corrected chi connectivity index (χ3v) is 1.24. The van der Waals surface area contributed by atoms with Crippen LogP contribution < -0.4 is 5.32 Å². The van der Waals surface area contributed by atoms with E-state index in [9.17, 15) is 4.79 Å². The van der Waals surface area contributed by atoms with Gasteiger partial charge in [-0.2, -0.15) is 0 Å². The van der Waals surface area contributed by atoms with Crippen LogP contribution >= 0.6 is 0 Å². The lowest BCUT2D eigenvalue weighted by molar-refractivity contribution is 0.101. The number of rotatable bonds is 2. The summed E-state index contributed by atoms with van der Waals surface area (Å²) in [6, 6.07) is 1.59. The second kappa shape index (κ2) is 3.09. The van der Waals surface area contributed by atoms with Gasteiger partial charge in [-0.1, -0.05) is 0 Å². The highest BCUT2D eigenvalue weighted by molar-refractivity contribution is 5.92. The van der Waals surface area contributed by atoms with E-state index in [-0.39, 0.29) is 5.78 Å². The fraction of sp³-hybridized carbons (Fsp3) is 0.286. The molecule has 0 bridgehead atoms. The van der Waals surface area contributed by atoms with Gasteiger partial charge < -0.3 is 5.32 Å². The van der Waals surface area contributed by atoms with Crippen molar-refractivity contribution in [1.29, 1.82) is 0 Å². The van der Waals surface area contributed by atoms with Crippen LogP contribution in [0.2, 0.25) is 0 Å². The maximum Gasteiger partial charge on any atom is 0.223 e. The van der Waals surface area contributed by atoms with Gasteiger partial charge in [-0.3, -0.25) is 4.79 Å². The number of carbonyl (C=O) groups is 1. The van der Waals surface area contributed by atoms with Crippen LogP contribution in [0.1, 0.15) is 17.4 Å². The summed E-state index contributed by atoms with van der Waals surface area (Å²) < 4.78 is 0. The van der Waals surface area contributed by atoms with E-state index < -0.39 is 0 Å². The van der Waals surface area contributed by atoms with E-state index in [1.54, 1.807) is 19.3 Å². The first-order valence-electron chi connectivity index (χ1n) is 3.26. The maximum atomic E-state index is 10.8. The molecule has 0 radical (unpaired) electrons. The van der Waals surface area contributed by atoms with Crippen LogP contribution in [0.3, 0.4) is 0 Å². The van der Waals surface area contributed by atoms with Gasteiger partial charge in [-0.15, -0.1) is 0 Å². The molecule has 1 heterocycles. The van der Waals surface area contributed by atoms with Crippen molar-refractivity contribution in [3.63, 3.8) is 0 Å². The number of Topliss-reactive ketones (excluding diaryl/α,β-unsaturated/α-hetero) is 1. The molecular formula is C7H9N3O. The number of ketones is 1. The predicted molar refractivity (Wildman–Crippen MR) is 41.6 cm³/mol. The van der Waals surface area contributed by atoms with Crippen LogP contribution in [0, 0.1) is 0 Å². The smallest absolute Gasteiger partial charge is 0.223 e. The van der Waals surface area contributed by atoms with Gasteiger partial charge in [0, 0.05) is 20.2 Å². The molecule has 0 amide bonds. The Kier molecular flexibility index (Phi) is 2.15.